The van der Waals surface area contributed by atoms with Gasteiger partial charge >= 0.3 is 0 Å². The van der Waals surface area contributed by atoms with Crippen LogP contribution in [0.15, 0.2) is 29.3 Å². The second-order valence-corrected chi connectivity index (χ2v) is 7.19. The average Bonchev–Trinajstić information content (AvgIpc) is 2.97. The number of nitrogens with one attached hydrogen (secondary N) is 3. The molecule has 8 heteroatoms. The van der Waals surface area contributed by atoms with Crippen molar-refractivity contribution < 1.29 is 4.79 Å². The summed E-state index contributed by atoms with van der Waals surface area (Å²) in [4.78, 5) is 22.2. The van der Waals surface area contributed by atoms with Crippen LogP contribution in [-0.4, -0.2) is 37.0 Å². The number of carbonyl (C=O) groups excluding carboxylic acids is 1. The van der Waals surface area contributed by atoms with E-state index in [1.54, 1.807) is 24.5 Å². The zero-order valence-corrected chi connectivity index (χ0v) is 19.4. The number of thiazole rings is 1. The molecule has 6 nitrogen and oxygen atoms in total. The van der Waals surface area contributed by atoms with Crippen LogP contribution in [-0.2, 0) is 13.0 Å². The van der Waals surface area contributed by atoms with Crippen molar-refractivity contribution in [2.45, 2.75) is 33.7 Å². The monoisotopic (exact) mass is 501 g/mol. The quantitative estimate of drug-likeness (QED) is 0.310. The molecule has 27 heavy (non-hydrogen) atoms. The molecule has 0 aliphatic carbocycles. The van der Waals surface area contributed by atoms with Crippen LogP contribution in [0.5, 0.6) is 0 Å². The van der Waals surface area contributed by atoms with Gasteiger partial charge in [-0.1, -0.05) is 12.1 Å². The number of benzene rings is 1. The molecule has 0 bridgehead atoms. The lowest BCUT2D eigenvalue weighted by Crippen LogP contribution is -2.38. The zero-order chi connectivity index (χ0) is 18.9. The van der Waals surface area contributed by atoms with E-state index in [0.29, 0.717) is 12.1 Å². The summed E-state index contributed by atoms with van der Waals surface area (Å²) < 4.78 is 0. The van der Waals surface area contributed by atoms with Crippen molar-refractivity contribution in [1.29, 1.82) is 0 Å². The Bertz CT molecular complexity index is 756. The van der Waals surface area contributed by atoms with Crippen molar-refractivity contribution in [2.75, 3.05) is 20.1 Å². The molecule has 2 rings (SSSR count). The van der Waals surface area contributed by atoms with E-state index in [1.807, 2.05) is 32.0 Å². The fraction of sp³-hybridized carbons (Fsp3) is 0.421. The van der Waals surface area contributed by atoms with Gasteiger partial charge in [-0.3, -0.25) is 4.79 Å². The molecule has 0 aliphatic rings. The van der Waals surface area contributed by atoms with Gasteiger partial charge in [0.15, 0.2) is 5.96 Å². The SMILES string of the molecule is CCNC(=NCc1cccc(C(=O)NC)c1)NCCc1nc(C)c(C)s1.I. The van der Waals surface area contributed by atoms with Crippen molar-refractivity contribution >= 4 is 47.2 Å². The van der Waals surface area contributed by atoms with E-state index in [4.69, 9.17) is 0 Å². The predicted molar refractivity (Wildman–Crippen MR) is 123 cm³/mol. The van der Waals surface area contributed by atoms with Crippen LogP contribution in [0.25, 0.3) is 0 Å². The summed E-state index contributed by atoms with van der Waals surface area (Å²) in [5.74, 6) is 0.678. The van der Waals surface area contributed by atoms with E-state index in [2.05, 4.69) is 32.9 Å². The molecule has 1 amide bonds. The first kappa shape index (κ1) is 23.4. The molecule has 2 aromatic rings. The molecule has 1 aromatic carbocycles. The van der Waals surface area contributed by atoms with Crippen LogP contribution in [0.1, 0.15) is 38.4 Å². The lowest BCUT2D eigenvalue weighted by Gasteiger charge is -2.11. The van der Waals surface area contributed by atoms with Gasteiger partial charge in [-0.2, -0.15) is 0 Å². The van der Waals surface area contributed by atoms with Crippen molar-refractivity contribution in [3.63, 3.8) is 0 Å². The van der Waals surface area contributed by atoms with Crippen LogP contribution in [0.4, 0.5) is 0 Å². The van der Waals surface area contributed by atoms with E-state index in [0.717, 1.165) is 41.7 Å². The zero-order valence-electron chi connectivity index (χ0n) is 16.3. The number of amides is 1. The molecule has 148 valence electrons. The van der Waals surface area contributed by atoms with E-state index < -0.39 is 0 Å². The molecule has 0 saturated heterocycles. The molecule has 0 radical (unpaired) electrons. The number of nitrogens with zero attached hydrogens (tertiary/aromatic N) is 2. The Balaban J connectivity index is 0.00000364. The topological polar surface area (TPSA) is 78.4 Å². The van der Waals surface area contributed by atoms with Crippen LogP contribution >= 0.6 is 35.3 Å². The summed E-state index contributed by atoms with van der Waals surface area (Å²) >= 11 is 1.75. The second kappa shape index (κ2) is 11.9. The summed E-state index contributed by atoms with van der Waals surface area (Å²) in [6, 6.07) is 7.52. The molecule has 1 heterocycles. The summed E-state index contributed by atoms with van der Waals surface area (Å²) in [7, 11) is 1.63. The Morgan fingerprint density at radius 2 is 2.04 bits per heavy atom. The van der Waals surface area contributed by atoms with Crippen molar-refractivity contribution in [3.05, 3.63) is 51.0 Å². The number of halogens is 1. The molecule has 3 N–H and O–H groups in total. The van der Waals surface area contributed by atoms with Gasteiger partial charge in [-0.15, -0.1) is 35.3 Å². The second-order valence-electron chi connectivity index (χ2n) is 5.90. The number of hydrogen-bond donors (Lipinski definition) is 3. The minimum absolute atomic E-state index is 0. The number of guanidine groups is 1. The minimum Gasteiger partial charge on any atom is -0.357 e. The highest BCUT2D eigenvalue weighted by Gasteiger charge is 2.05. The van der Waals surface area contributed by atoms with E-state index in [1.165, 1.54) is 4.88 Å². The van der Waals surface area contributed by atoms with Crippen molar-refractivity contribution in [3.8, 4) is 0 Å². The van der Waals surface area contributed by atoms with Gasteiger partial charge in [0.25, 0.3) is 5.91 Å². The molecule has 0 unspecified atom stereocenters. The number of carbonyl (C=O) groups is 1. The van der Waals surface area contributed by atoms with Gasteiger partial charge in [-0.05, 0) is 38.5 Å². The van der Waals surface area contributed by atoms with Crippen molar-refractivity contribution in [1.82, 2.24) is 20.9 Å². The number of aromatic nitrogens is 1. The highest BCUT2D eigenvalue weighted by molar-refractivity contribution is 14.0. The minimum atomic E-state index is -0.0881. The van der Waals surface area contributed by atoms with Crippen LogP contribution in [0, 0.1) is 13.8 Å². The summed E-state index contributed by atoms with van der Waals surface area (Å²) in [5, 5.41) is 10.4. The summed E-state index contributed by atoms with van der Waals surface area (Å²) in [5.41, 5.74) is 2.75. The molecule has 1 aromatic heterocycles. The van der Waals surface area contributed by atoms with Gasteiger partial charge in [0.2, 0.25) is 0 Å². The number of aliphatic imine (C=N–C) groups is 1. The van der Waals surface area contributed by atoms with E-state index >= 15 is 0 Å². The van der Waals surface area contributed by atoms with Crippen LogP contribution < -0.4 is 16.0 Å². The van der Waals surface area contributed by atoms with Gasteiger partial charge in [0.05, 0.1) is 17.2 Å². The maximum atomic E-state index is 11.7. The molecule has 0 aliphatic heterocycles. The Morgan fingerprint density at radius 1 is 1.26 bits per heavy atom. The van der Waals surface area contributed by atoms with E-state index in [9.17, 15) is 4.79 Å². The fourth-order valence-electron chi connectivity index (χ4n) is 2.40. The largest absolute Gasteiger partial charge is 0.357 e. The highest BCUT2D eigenvalue weighted by Crippen LogP contribution is 2.16. The number of rotatable bonds is 7. The fourth-order valence-corrected chi connectivity index (χ4v) is 3.33. The maximum absolute atomic E-state index is 11.7. The third-order valence-electron chi connectivity index (χ3n) is 3.88. The Hall–Kier alpha value is -1.68. The Kier molecular flexibility index (Phi) is 10.3. The lowest BCUT2D eigenvalue weighted by atomic mass is 10.1. The number of hydrogen-bond acceptors (Lipinski definition) is 4. The highest BCUT2D eigenvalue weighted by atomic mass is 127. The van der Waals surface area contributed by atoms with Crippen molar-refractivity contribution in [2.24, 2.45) is 4.99 Å². The molecular formula is C19H28IN5OS. The smallest absolute Gasteiger partial charge is 0.251 e. The lowest BCUT2D eigenvalue weighted by molar-refractivity contribution is 0.0963. The third-order valence-corrected chi connectivity index (χ3v) is 5.02. The Morgan fingerprint density at radius 3 is 2.67 bits per heavy atom. The standard InChI is InChI=1S/C19H27N5OS.HI/c1-5-21-19(22-10-9-17-24-13(2)14(3)26-17)23-12-15-7-6-8-16(11-15)18(25)20-4;/h6-8,11H,5,9-10,12H2,1-4H3,(H,20,25)(H2,21,22,23);1H. The Labute approximate surface area is 182 Å². The third kappa shape index (κ3) is 7.45. The molecule has 0 spiro atoms. The summed E-state index contributed by atoms with van der Waals surface area (Å²) in [6.07, 6.45) is 0.871. The summed E-state index contributed by atoms with van der Waals surface area (Å²) in [6.45, 7) is 8.26. The maximum Gasteiger partial charge on any atom is 0.251 e. The molecule has 0 fully saturated rings. The van der Waals surface area contributed by atoms with Crippen LogP contribution in [0.2, 0.25) is 0 Å². The first-order valence-corrected chi connectivity index (χ1v) is 9.61. The van der Waals surface area contributed by atoms with E-state index in [-0.39, 0.29) is 29.9 Å². The van der Waals surface area contributed by atoms with Gasteiger partial charge in [-0.25, -0.2) is 9.98 Å². The number of aryl methyl sites for hydroxylation is 2. The predicted octanol–water partition coefficient (Wildman–Crippen LogP) is 3.04. The molecule has 0 atom stereocenters. The van der Waals surface area contributed by atoms with Gasteiger partial charge in [0, 0.05) is 37.0 Å². The first-order chi connectivity index (χ1) is 12.5. The van der Waals surface area contributed by atoms with Crippen LogP contribution in [0.3, 0.4) is 0 Å². The normalized spacial score (nSPS) is 10.9. The first-order valence-electron chi connectivity index (χ1n) is 8.79. The van der Waals surface area contributed by atoms with Gasteiger partial charge < -0.3 is 16.0 Å². The van der Waals surface area contributed by atoms with Gasteiger partial charge in [0.1, 0.15) is 0 Å². The average molecular weight is 501 g/mol. The molecule has 0 saturated carbocycles. The molecular weight excluding hydrogens is 473 g/mol.